The van der Waals surface area contributed by atoms with Gasteiger partial charge in [-0.05, 0) is 51.7 Å². The van der Waals surface area contributed by atoms with Crippen molar-refractivity contribution in [2.24, 2.45) is 0 Å². The number of hydrogen-bond donors (Lipinski definition) is 0. The van der Waals surface area contributed by atoms with Crippen LogP contribution >= 0.6 is 0 Å². The fraction of sp³-hybridized carbons (Fsp3) is 0.556. The second-order valence-electron chi connectivity index (χ2n) is 6.37. The lowest BCUT2D eigenvalue weighted by Gasteiger charge is -2.39. The average Bonchev–Trinajstić information content (AvgIpc) is 2.93. The second-order valence-corrected chi connectivity index (χ2v) is 6.37. The van der Waals surface area contributed by atoms with Crippen LogP contribution in [-0.2, 0) is 6.42 Å². The number of pyridine rings is 1. The van der Waals surface area contributed by atoms with Gasteiger partial charge in [0.25, 0.3) is 5.91 Å². The number of methoxy groups -OCH3 is 1. The SMILES string of the molecule is CCc1nc2c(OC)cccn2c1C(=O)N1C(C)CCCC1C. The van der Waals surface area contributed by atoms with Gasteiger partial charge in [0.05, 0.1) is 12.8 Å². The standard InChI is InChI=1S/C18H25N3O2/c1-5-14-16(18(22)21-12(2)8-6-9-13(21)3)20-11-7-10-15(23-4)17(20)19-14/h7,10-13H,5-6,8-9H2,1-4H3. The summed E-state index contributed by atoms with van der Waals surface area (Å²) in [5, 5.41) is 0. The van der Waals surface area contributed by atoms with Gasteiger partial charge < -0.3 is 9.64 Å². The Kier molecular flexibility index (Phi) is 4.28. The molecule has 5 nitrogen and oxygen atoms in total. The topological polar surface area (TPSA) is 46.8 Å². The quantitative estimate of drug-likeness (QED) is 0.873. The zero-order valence-corrected chi connectivity index (χ0v) is 14.4. The second kappa shape index (κ2) is 6.22. The van der Waals surface area contributed by atoms with E-state index in [4.69, 9.17) is 4.74 Å². The number of aromatic nitrogens is 2. The summed E-state index contributed by atoms with van der Waals surface area (Å²) in [6.45, 7) is 6.32. The van der Waals surface area contributed by atoms with Crippen molar-refractivity contribution in [1.29, 1.82) is 0 Å². The van der Waals surface area contributed by atoms with Gasteiger partial charge in [-0.3, -0.25) is 9.20 Å². The number of nitrogens with zero attached hydrogens (tertiary/aromatic N) is 3. The zero-order valence-electron chi connectivity index (χ0n) is 14.4. The molecule has 2 aromatic heterocycles. The molecule has 0 aromatic carbocycles. The van der Waals surface area contributed by atoms with Crippen molar-refractivity contribution in [2.45, 2.75) is 58.5 Å². The lowest BCUT2D eigenvalue weighted by molar-refractivity contribution is 0.0502. The van der Waals surface area contributed by atoms with Crippen LogP contribution in [-0.4, -0.2) is 39.4 Å². The lowest BCUT2D eigenvalue weighted by atomic mass is 9.97. The van der Waals surface area contributed by atoms with Crippen LogP contribution in [0.3, 0.4) is 0 Å². The molecule has 1 saturated heterocycles. The molecule has 5 heteroatoms. The first-order valence-electron chi connectivity index (χ1n) is 8.45. The van der Waals surface area contributed by atoms with Crippen molar-refractivity contribution in [3.8, 4) is 5.75 Å². The molecular weight excluding hydrogens is 290 g/mol. The number of amides is 1. The maximum atomic E-state index is 13.3. The smallest absolute Gasteiger partial charge is 0.273 e. The molecule has 2 atom stereocenters. The number of piperidine rings is 1. The summed E-state index contributed by atoms with van der Waals surface area (Å²) >= 11 is 0. The van der Waals surface area contributed by atoms with E-state index in [1.165, 1.54) is 6.42 Å². The molecule has 3 rings (SSSR count). The van der Waals surface area contributed by atoms with E-state index < -0.39 is 0 Å². The molecule has 2 aromatic rings. The lowest BCUT2D eigenvalue weighted by Crippen LogP contribution is -2.48. The molecule has 0 bridgehead atoms. The third-order valence-corrected chi connectivity index (χ3v) is 4.87. The number of likely N-dealkylation sites (tertiary alicyclic amines) is 1. The van der Waals surface area contributed by atoms with Crippen molar-refractivity contribution in [3.05, 3.63) is 29.7 Å². The summed E-state index contributed by atoms with van der Waals surface area (Å²) in [5.74, 6) is 0.781. The van der Waals surface area contributed by atoms with E-state index in [0.717, 1.165) is 25.0 Å². The molecule has 1 aliphatic rings. The van der Waals surface area contributed by atoms with E-state index in [1.807, 2.05) is 34.6 Å². The highest BCUT2D eigenvalue weighted by atomic mass is 16.5. The Morgan fingerprint density at radius 1 is 1.35 bits per heavy atom. The average molecular weight is 315 g/mol. The first-order valence-corrected chi connectivity index (χ1v) is 8.45. The van der Waals surface area contributed by atoms with Crippen LogP contribution in [0.2, 0.25) is 0 Å². The molecule has 0 spiro atoms. The van der Waals surface area contributed by atoms with Crippen molar-refractivity contribution in [2.75, 3.05) is 7.11 Å². The van der Waals surface area contributed by atoms with Crippen LogP contribution < -0.4 is 4.74 Å². The minimum Gasteiger partial charge on any atom is -0.493 e. The predicted octanol–water partition coefficient (Wildman–Crippen LogP) is 3.31. The number of ether oxygens (including phenoxy) is 1. The minimum atomic E-state index is 0.0855. The van der Waals surface area contributed by atoms with Crippen molar-refractivity contribution < 1.29 is 9.53 Å². The van der Waals surface area contributed by atoms with E-state index in [1.54, 1.807) is 7.11 Å². The molecule has 0 radical (unpaired) electrons. The summed E-state index contributed by atoms with van der Waals surface area (Å²) in [5.41, 5.74) is 2.24. The molecule has 3 heterocycles. The highest BCUT2D eigenvalue weighted by Crippen LogP contribution is 2.28. The summed E-state index contributed by atoms with van der Waals surface area (Å²) in [6.07, 6.45) is 5.95. The molecule has 0 aliphatic carbocycles. The minimum absolute atomic E-state index is 0.0855. The van der Waals surface area contributed by atoms with Gasteiger partial charge >= 0.3 is 0 Å². The Balaban J connectivity index is 2.13. The van der Waals surface area contributed by atoms with E-state index >= 15 is 0 Å². The Bertz CT molecular complexity index is 712. The predicted molar refractivity (Wildman–Crippen MR) is 90.1 cm³/mol. The molecule has 0 N–H and O–H groups in total. The van der Waals surface area contributed by atoms with Crippen LogP contribution in [0.1, 0.15) is 56.2 Å². The van der Waals surface area contributed by atoms with Gasteiger partial charge in [-0.1, -0.05) is 6.92 Å². The van der Waals surface area contributed by atoms with Crippen molar-refractivity contribution >= 4 is 11.6 Å². The summed E-state index contributed by atoms with van der Waals surface area (Å²) in [6, 6.07) is 4.31. The molecular formula is C18H25N3O2. The first kappa shape index (κ1) is 15.8. The molecule has 1 fully saturated rings. The third-order valence-electron chi connectivity index (χ3n) is 4.87. The number of hydrogen-bond acceptors (Lipinski definition) is 3. The Morgan fingerprint density at radius 3 is 2.65 bits per heavy atom. The molecule has 23 heavy (non-hydrogen) atoms. The molecule has 0 saturated carbocycles. The molecule has 1 amide bonds. The normalized spacial score (nSPS) is 21.7. The Labute approximate surface area is 137 Å². The maximum Gasteiger partial charge on any atom is 0.273 e. The van der Waals surface area contributed by atoms with Crippen LogP contribution in [0.25, 0.3) is 5.65 Å². The van der Waals surface area contributed by atoms with Crippen molar-refractivity contribution in [1.82, 2.24) is 14.3 Å². The van der Waals surface area contributed by atoms with Gasteiger partial charge in [0.15, 0.2) is 11.4 Å². The van der Waals surface area contributed by atoms with E-state index in [2.05, 4.69) is 18.8 Å². The van der Waals surface area contributed by atoms with Gasteiger partial charge in [-0.25, -0.2) is 4.98 Å². The van der Waals surface area contributed by atoms with Gasteiger partial charge in [0.1, 0.15) is 5.69 Å². The number of fused-ring (bicyclic) bond motifs is 1. The van der Waals surface area contributed by atoms with Crippen LogP contribution in [0, 0.1) is 0 Å². The maximum absolute atomic E-state index is 13.3. The summed E-state index contributed by atoms with van der Waals surface area (Å²) in [4.78, 5) is 20.0. The fourth-order valence-corrected chi connectivity index (χ4v) is 3.67. The number of rotatable bonds is 3. The van der Waals surface area contributed by atoms with Gasteiger partial charge in [0.2, 0.25) is 0 Å². The summed E-state index contributed by atoms with van der Waals surface area (Å²) in [7, 11) is 1.63. The highest BCUT2D eigenvalue weighted by molar-refractivity contribution is 5.95. The molecule has 2 unspecified atom stereocenters. The highest BCUT2D eigenvalue weighted by Gasteiger charge is 2.33. The molecule has 1 aliphatic heterocycles. The number of carbonyl (C=O) groups excluding carboxylic acids is 1. The van der Waals surface area contributed by atoms with Gasteiger partial charge in [-0.2, -0.15) is 0 Å². The number of aryl methyl sites for hydroxylation is 1. The van der Waals surface area contributed by atoms with E-state index in [9.17, 15) is 4.79 Å². The Morgan fingerprint density at radius 2 is 2.04 bits per heavy atom. The summed E-state index contributed by atoms with van der Waals surface area (Å²) < 4.78 is 7.28. The van der Waals surface area contributed by atoms with E-state index in [-0.39, 0.29) is 18.0 Å². The largest absolute Gasteiger partial charge is 0.493 e. The van der Waals surface area contributed by atoms with Crippen molar-refractivity contribution in [3.63, 3.8) is 0 Å². The Hall–Kier alpha value is -2.04. The van der Waals surface area contributed by atoms with Gasteiger partial charge in [-0.15, -0.1) is 0 Å². The number of carbonyl (C=O) groups is 1. The van der Waals surface area contributed by atoms with Crippen LogP contribution in [0.15, 0.2) is 18.3 Å². The first-order chi connectivity index (χ1) is 11.1. The van der Waals surface area contributed by atoms with Crippen LogP contribution in [0.5, 0.6) is 5.75 Å². The van der Waals surface area contributed by atoms with E-state index in [0.29, 0.717) is 17.1 Å². The number of imidazole rings is 1. The monoisotopic (exact) mass is 315 g/mol. The third kappa shape index (κ3) is 2.58. The fourth-order valence-electron chi connectivity index (χ4n) is 3.67. The molecule has 124 valence electrons. The van der Waals surface area contributed by atoms with Gasteiger partial charge in [0, 0.05) is 18.3 Å². The van der Waals surface area contributed by atoms with Crippen LogP contribution in [0.4, 0.5) is 0 Å². The zero-order chi connectivity index (χ0) is 16.6.